The van der Waals surface area contributed by atoms with Crippen LogP contribution in [0.4, 0.5) is 4.79 Å². The number of benzene rings is 1. The molecule has 3 aromatic rings. The number of carbonyl (C=O) groups excluding carboxylic acids is 1. The van der Waals surface area contributed by atoms with E-state index in [2.05, 4.69) is 9.55 Å². The van der Waals surface area contributed by atoms with Crippen LogP contribution in [0.1, 0.15) is 41.9 Å². The van der Waals surface area contributed by atoms with Crippen LogP contribution in [-0.2, 0) is 29.0 Å². The lowest BCUT2D eigenvalue weighted by molar-refractivity contribution is -0.143. The molecule has 30 heavy (non-hydrogen) atoms. The zero-order valence-electron chi connectivity index (χ0n) is 17.5. The number of nitrogens with zero attached hydrogens (tertiary/aromatic N) is 3. The zero-order valence-corrected chi connectivity index (χ0v) is 18.3. The summed E-state index contributed by atoms with van der Waals surface area (Å²) >= 11 is 1.63. The highest BCUT2D eigenvalue weighted by molar-refractivity contribution is 7.11. The number of ether oxygens (including phenoxy) is 1. The zero-order chi connectivity index (χ0) is 21.6. The van der Waals surface area contributed by atoms with Crippen LogP contribution in [0.5, 0.6) is 0 Å². The van der Waals surface area contributed by atoms with Gasteiger partial charge in [0.05, 0.1) is 18.1 Å². The van der Waals surface area contributed by atoms with E-state index in [0.717, 1.165) is 32.0 Å². The largest absolute Gasteiger partial charge is 0.480 e. The number of carboxylic acids is 1. The van der Waals surface area contributed by atoms with Gasteiger partial charge in [0.2, 0.25) is 0 Å². The molecule has 1 aliphatic rings. The lowest BCUT2D eigenvalue weighted by Gasteiger charge is -2.35. The molecule has 0 saturated heterocycles. The minimum absolute atomic E-state index is 0.188. The summed E-state index contributed by atoms with van der Waals surface area (Å²) in [5, 5.41) is 11.9. The van der Waals surface area contributed by atoms with Crippen LogP contribution in [0.25, 0.3) is 10.9 Å². The van der Waals surface area contributed by atoms with Crippen molar-refractivity contribution < 1.29 is 19.4 Å². The highest BCUT2D eigenvalue weighted by Gasteiger charge is 2.39. The fraction of sp³-hybridized carbons (Fsp3) is 0.409. The topological polar surface area (TPSA) is 84.7 Å². The smallest absolute Gasteiger partial charge is 0.411 e. The molecule has 7 nitrogen and oxygen atoms in total. The van der Waals surface area contributed by atoms with Crippen LogP contribution >= 0.6 is 11.3 Å². The van der Waals surface area contributed by atoms with Crippen molar-refractivity contribution in [2.45, 2.75) is 58.8 Å². The Bertz CT molecular complexity index is 1130. The summed E-state index contributed by atoms with van der Waals surface area (Å²) in [7, 11) is 0. The molecular weight excluding hydrogens is 402 g/mol. The fourth-order valence-corrected chi connectivity index (χ4v) is 4.74. The molecule has 3 heterocycles. The van der Waals surface area contributed by atoms with E-state index in [1.807, 2.05) is 37.4 Å². The van der Waals surface area contributed by atoms with Crippen molar-refractivity contribution in [2.75, 3.05) is 0 Å². The van der Waals surface area contributed by atoms with E-state index in [1.165, 1.54) is 4.90 Å². The quantitative estimate of drug-likeness (QED) is 0.677. The van der Waals surface area contributed by atoms with Crippen LogP contribution in [0.3, 0.4) is 0 Å². The normalized spacial score (nSPS) is 16.5. The summed E-state index contributed by atoms with van der Waals surface area (Å²) in [5.74, 6) is -1.03. The molecule has 0 aliphatic carbocycles. The SMILES string of the molecule is Cc1ncc(Cn2c3c(c4ccccc42)CC(C(=O)O)N(C(=O)OC(C)(C)C)C3)s1. The Morgan fingerprint density at radius 3 is 2.67 bits per heavy atom. The molecule has 1 atom stereocenters. The van der Waals surface area contributed by atoms with E-state index < -0.39 is 23.7 Å². The number of hydrogen-bond acceptors (Lipinski definition) is 5. The average molecular weight is 428 g/mol. The first-order valence-corrected chi connectivity index (χ1v) is 10.7. The minimum Gasteiger partial charge on any atom is -0.480 e. The van der Waals surface area contributed by atoms with E-state index in [9.17, 15) is 14.7 Å². The second kappa shape index (κ2) is 7.43. The first-order valence-electron chi connectivity index (χ1n) is 9.87. The lowest BCUT2D eigenvalue weighted by Crippen LogP contribution is -2.50. The molecule has 4 rings (SSSR count). The van der Waals surface area contributed by atoms with E-state index in [4.69, 9.17) is 4.74 Å². The number of hydrogen-bond donors (Lipinski definition) is 1. The first kappa shape index (κ1) is 20.4. The van der Waals surface area contributed by atoms with Gasteiger partial charge in [-0.05, 0) is 39.3 Å². The van der Waals surface area contributed by atoms with E-state index in [0.29, 0.717) is 6.54 Å². The van der Waals surface area contributed by atoms with Crippen molar-refractivity contribution in [3.8, 4) is 0 Å². The van der Waals surface area contributed by atoms with Gasteiger partial charge in [0.1, 0.15) is 11.6 Å². The van der Waals surface area contributed by atoms with Gasteiger partial charge in [-0.15, -0.1) is 11.3 Å². The summed E-state index contributed by atoms with van der Waals surface area (Å²) in [5.41, 5.74) is 2.26. The van der Waals surface area contributed by atoms with Gasteiger partial charge >= 0.3 is 12.1 Å². The van der Waals surface area contributed by atoms with Crippen molar-refractivity contribution in [1.29, 1.82) is 0 Å². The molecule has 1 aliphatic heterocycles. The first-order chi connectivity index (χ1) is 14.1. The second-order valence-electron chi connectivity index (χ2n) is 8.54. The number of fused-ring (bicyclic) bond motifs is 3. The molecule has 0 radical (unpaired) electrons. The molecule has 2 aromatic heterocycles. The van der Waals surface area contributed by atoms with Crippen molar-refractivity contribution in [3.63, 3.8) is 0 Å². The number of carbonyl (C=O) groups is 2. The monoisotopic (exact) mass is 427 g/mol. The average Bonchev–Trinajstić information content (AvgIpc) is 3.21. The number of thiazole rings is 1. The molecule has 8 heteroatoms. The van der Waals surface area contributed by atoms with Crippen molar-refractivity contribution in [2.24, 2.45) is 0 Å². The molecule has 0 saturated carbocycles. The van der Waals surface area contributed by atoms with Gasteiger partial charge in [0.15, 0.2) is 0 Å². The summed E-state index contributed by atoms with van der Waals surface area (Å²) in [6.45, 7) is 8.12. The third kappa shape index (κ3) is 3.79. The molecule has 1 aromatic carbocycles. The molecule has 1 amide bonds. The Morgan fingerprint density at radius 1 is 1.30 bits per heavy atom. The standard InChI is InChI=1S/C22H25N3O4S/c1-13-23-10-14(30-13)11-24-17-8-6-5-7-15(17)16-9-18(20(26)27)25(12-19(16)24)21(28)29-22(2,3)4/h5-8,10,18H,9,11-12H2,1-4H3,(H,26,27). The summed E-state index contributed by atoms with van der Waals surface area (Å²) in [6, 6.07) is 7.03. The van der Waals surface area contributed by atoms with Gasteiger partial charge in [0, 0.05) is 34.1 Å². The van der Waals surface area contributed by atoms with E-state index in [-0.39, 0.29) is 13.0 Å². The minimum atomic E-state index is -1.03. The van der Waals surface area contributed by atoms with Gasteiger partial charge in [-0.2, -0.15) is 0 Å². The third-order valence-electron chi connectivity index (χ3n) is 5.18. The Hall–Kier alpha value is -2.87. The Kier molecular flexibility index (Phi) is 5.05. The van der Waals surface area contributed by atoms with Gasteiger partial charge < -0.3 is 14.4 Å². The van der Waals surface area contributed by atoms with E-state index in [1.54, 1.807) is 32.1 Å². The van der Waals surface area contributed by atoms with Crippen LogP contribution in [0.15, 0.2) is 30.5 Å². The van der Waals surface area contributed by atoms with Gasteiger partial charge in [-0.3, -0.25) is 4.90 Å². The van der Waals surface area contributed by atoms with Gasteiger partial charge in [-0.25, -0.2) is 14.6 Å². The third-order valence-corrected chi connectivity index (χ3v) is 6.08. The van der Waals surface area contributed by atoms with Crippen LogP contribution in [0, 0.1) is 6.92 Å². The number of aliphatic carboxylic acids is 1. The lowest BCUT2D eigenvalue weighted by atomic mass is 9.97. The number of amides is 1. The molecule has 1 N–H and O–H groups in total. The van der Waals surface area contributed by atoms with Crippen LogP contribution < -0.4 is 0 Å². The maximum absolute atomic E-state index is 12.8. The highest BCUT2D eigenvalue weighted by Crippen LogP contribution is 2.35. The fourth-order valence-electron chi connectivity index (χ4n) is 3.96. The Balaban J connectivity index is 1.80. The summed E-state index contributed by atoms with van der Waals surface area (Å²) in [4.78, 5) is 31.7. The molecule has 158 valence electrons. The number of para-hydroxylation sites is 1. The number of rotatable bonds is 3. The number of carboxylic acid groups (broad SMARTS) is 1. The molecule has 0 bridgehead atoms. The molecule has 0 fully saturated rings. The maximum atomic E-state index is 12.8. The van der Waals surface area contributed by atoms with Crippen molar-refractivity contribution >= 4 is 34.3 Å². The Labute approximate surface area is 178 Å². The predicted molar refractivity (Wildman–Crippen MR) is 115 cm³/mol. The second-order valence-corrected chi connectivity index (χ2v) is 9.86. The Morgan fingerprint density at radius 2 is 2.03 bits per heavy atom. The number of aromatic nitrogens is 2. The van der Waals surface area contributed by atoms with Gasteiger partial charge in [0.25, 0.3) is 0 Å². The highest BCUT2D eigenvalue weighted by atomic mass is 32.1. The summed E-state index contributed by atoms with van der Waals surface area (Å²) in [6.07, 6.45) is 1.51. The van der Waals surface area contributed by atoms with Gasteiger partial charge in [-0.1, -0.05) is 18.2 Å². The molecule has 0 spiro atoms. The maximum Gasteiger partial charge on any atom is 0.411 e. The van der Waals surface area contributed by atoms with Crippen molar-refractivity contribution in [1.82, 2.24) is 14.5 Å². The number of aryl methyl sites for hydroxylation is 1. The van der Waals surface area contributed by atoms with Crippen molar-refractivity contribution in [3.05, 3.63) is 51.6 Å². The van der Waals surface area contributed by atoms with Crippen LogP contribution in [0.2, 0.25) is 0 Å². The van der Waals surface area contributed by atoms with E-state index >= 15 is 0 Å². The predicted octanol–water partition coefficient (Wildman–Crippen LogP) is 4.20. The molecular formula is C22H25N3O4S. The molecule has 1 unspecified atom stereocenters. The van der Waals surface area contributed by atoms with Crippen LogP contribution in [-0.4, -0.2) is 43.3 Å². The summed E-state index contributed by atoms with van der Waals surface area (Å²) < 4.78 is 7.69.